The largest absolute Gasteiger partial charge is 0.368 e. The van der Waals surface area contributed by atoms with Gasteiger partial charge in [0.2, 0.25) is 5.91 Å². The predicted molar refractivity (Wildman–Crippen MR) is 55.3 cm³/mol. The van der Waals surface area contributed by atoms with E-state index in [-0.39, 0.29) is 23.4 Å². The van der Waals surface area contributed by atoms with Gasteiger partial charge in [-0.25, -0.2) is 0 Å². The third-order valence-corrected chi connectivity index (χ3v) is 2.11. The molecule has 0 aromatic carbocycles. The molecule has 0 aliphatic carbocycles. The zero-order valence-electron chi connectivity index (χ0n) is 9.35. The van der Waals surface area contributed by atoms with Crippen molar-refractivity contribution in [2.24, 2.45) is 11.7 Å². The maximum absolute atomic E-state index is 11.1. The van der Waals surface area contributed by atoms with Crippen molar-refractivity contribution in [1.82, 2.24) is 5.32 Å². The number of hydrogen-bond donors (Lipinski definition) is 2. The van der Waals surface area contributed by atoms with E-state index in [2.05, 4.69) is 12.2 Å². The number of nitrogens with one attached hydrogen (secondary N) is 1. The highest BCUT2D eigenvalue weighted by molar-refractivity contribution is 5.80. The van der Waals surface area contributed by atoms with Crippen LogP contribution in [0.4, 0.5) is 0 Å². The number of primary amides is 1. The van der Waals surface area contributed by atoms with E-state index < -0.39 is 0 Å². The first-order valence-electron chi connectivity index (χ1n) is 4.85. The molecule has 0 aromatic heterocycles. The molecule has 3 N–H and O–H groups in total. The quantitative estimate of drug-likeness (QED) is 0.694. The van der Waals surface area contributed by atoms with Crippen molar-refractivity contribution in [3.05, 3.63) is 0 Å². The van der Waals surface area contributed by atoms with Gasteiger partial charge in [0.05, 0.1) is 6.04 Å². The number of hydrogen-bond acceptors (Lipinski definition) is 2. The maximum Gasteiger partial charge on any atom is 0.234 e. The van der Waals surface area contributed by atoms with Gasteiger partial charge < -0.3 is 11.1 Å². The molecule has 0 saturated carbocycles. The third-order valence-electron chi connectivity index (χ3n) is 2.11. The maximum atomic E-state index is 11.1. The van der Waals surface area contributed by atoms with E-state index in [0.717, 1.165) is 6.42 Å². The zero-order chi connectivity index (χ0) is 10.6. The lowest BCUT2D eigenvalue weighted by Gasteiger charge is -2.30. The molecule has 0 unspecified atom stereocenters. The molecule has 0 rings (SSSR count). The highest BCUT2D eigenvalue weighted by Gasteiger charge is 2.25. The molecule has 3 heteroatoms. The van der Waals surface area contributed by atoms with Crippen molar-refractivity contribution < 1.29 is 4.79 Å². The Kier molecular flexibility index (Phi) is 4.40. The summed E-state index contributed by atoms with van der Waals surface area (Å²) in [5, 5.41) is 3.23. The normalized spacial score (nSPS) is 16.7. The van der Waals surface area contributed by atoms with Crippen molar-refractivity contribution in [2.75, 3.05) is 0 Å². The Hall–Kier alpha value is -0.570. The Balaban J connectivity index is 4.36. The Bertz CT molecular complexity index is 172. The molecular weight excluding hydrogens is 164 g/mol. The molecule has 0 aromatic rings. The van der Waals surface area contributed by atoms with E-state index in [9.17, 15) is 4.79 Å². The topological polar surface area (TPSA) is 55.1 Å². The molecule has 0 saturated heterocycles. The molecule has 0 aliphatic heterocycles. The average molecular weight is 186 g/mol. The minimum absolute atomic E-state index is 0.0663. The monoisotopic (exact) mass is 186 g/mol. The van der Waals surface area contributed by atoms with Crippen LogP contribution in [0.1, 0.15) is 41.0 Å². The first-order chi connectivity index (χ1) is 5.78. The number of nitrogens with two attached hydrogens (primary N) is 1. The predicted octanol–water partition coefficient (Wildman–Crippen LogP) is 1.27. The second-order valence-electron chi connectivity index (χ2n) is 4.66. The first-order valence-corrected chi connectivity index (χ1v) is 4.85. The van der Waals surface area contributed by atoms with Gasteiger partial charge in [0, 0.05) is 5.54 Å². The third kappa shape index (κ3) is 4.88. The van der Waals surface area contributed by atoms with E-state index in [0.29, 0.717) is 0 Å². The first kappa shape index (κ1) is 12.4. The Morgan fingerprint density at radius 2 is 1.92 bits per heavy atom. The smallest absolute Gasteiger partial charge is 0.234 e. The molecule has 0 radical (unpaired) electrons. The van der Waals surface area contributed by atoms with Gasteiger partial charge in [-0.2, -0.15) is 0 Å². The van der Waals surface area contributed by atoms with Crippen LogP contribution < -0.4 is 11.1 Å². The Morgan fingerprint density at radius 3 is 2.15 bits per heavy atom. The van der Waals surface area contributed by atoms with Crippen molar-refractivity contribution in [3.63, 3.8) is 0 Å². The molecule has 13 heavy (non-hydrogen) atoms. The van der Waals surface area contributed by atoms with Crippen LogP contribution in [0.25, 0.3) is 0 Å². The average Bonchev–Trinajstić information content (AvgIpc) is 1.96. The summed E-state index contributed by atoms with van der Waals surface area (Å²) in [4.78, 5) is 11.1. The van der Waals surface area contributed by atoms with Gasteiger partial charge >= 0.3 is 0 Å². The lowest BCUT2D eigenvalue weighted by molar-refractivity contribution is -0.121. The zero-order valence-corrected chi connectivity index (χ0v) is 9.35. The molecule has 0 aliphatic rings. The molecule has 0 spiro atoms. The van der Waals surface area contributed by atoms with Crippen LogP contribution in [0.3, 0.4) is 0 Å². The summed E-state index contributed by atoms with van der Waals surface area (Å²) in [7, 11) is 0. The summed E-state index contributed by atoms with van der Waals surface area (Å²) in [5.74, 6) is 0.0287. The number of rotatable bonds is 4. The van der Waals surface area contributed by atoms with Gasteiger partial charge in [0.1, 0.15) is 0 Å². The molecule has 2 atom stereocenters. The lowest BCUT2D eigenvalue weighted by Crippen LogP contribution is -2.53. The van der Waals surface area contributed by atoms with Crippen LogP contribution >= 0.6 is 0 Å². The van der Waals surface area contributed by atoms with E-state index in [4.69, 9.17) is 5.73 Å². The van der Waals surface area contributed by atoms with Gasteiger partial charge in [-0.1, -0.05) is 20.3 Å². The van der Waals surface area contributed by atoms with Crippen molar-refractivity contribution >= 4 is 5.91 Å². The second-order valence-corrected chi connectivity index (χ2v) is 4.66. The number of amides is 1. The summed E-state index contributed by atoms with van der Waals surface area (Å²) < 4.78 is 0. The summed E-state index contributed by atoms with van der Waals surface area (Å²) in [6, 6.07) is -0.218. The number of carbonyl (C=O) groups is 1. The summed E-state index contributed by atoms with van der Waals surface area (Å²) in [6.07, 6.45) is 0.955. The highest BCUT2D eigenvalue weighted by atomic mass is 16.1. The van der Waals surface area contributed by atoms with Crippen LogP contribution in [-0.4, -0.2) is 17.5 Å². The van der Waals surface area contributed by atoms with Crippen LogP contribution in [0.2, 0.25) is 0 Å². The van der Waals surface area contributed by atoms with Crippen LogP contribution in [-0.2, 0) is 4.79 Å². The molecule has 0 fully saturated rings. The van der Waals surface area contributed by atoms with Gasteiger partial charge in [0.15, 0.2) is 0 Å². The molecular formula is C10H22N2O. The van der Waals surface area contributed by atoms with E-state index in [1.54, 1.807) is 0 Å². The van der Waals surface area contributed by atoms with Gasteiger partial charge in [0.25, 0.3) is 0 Å². The molecule has 1 amide bonds. The van der Waals surface area contributed by atoms with Crippen LogP contribution in [0.15, 0.2) is 0 Å². The fourth-order valence-corrected chi connectivity index (χ4v) is 1.20. The summed E-state index contributed by atoms with van der Waals surface area (Å²) >= 11 is 0. The van der Waals surface area contributed by atoms with E-state index in [1.165, 1.54) is 0 Å². The fourth-order valence-electron chi connectivity index (χ4n) is 1.20. The van der Waals surface area contributed by atoms with E-state index >= 15 is 0 Å². The molecule has 0 bridgehead atoms. The summed E-state index contributed by atoms with van der Waals surface area (Å²) in [5.41, 5.74) is 5.25. The van der Waals surface area contributed by atoms with Gasteiger partial charge in [-0.05, 0) is 26.7 Å². The van der Waals surface area contributed by atoms with Crippen LogP contribution in [0, 0.1) is 5.92 Å². The molecule has 3 nitrogen and oxygen atoms in total. The lowest BCUT2D eigenvalue weighted by atomic mass is 9.95. The van der Waals surface area contributed by atoms with Gasteiger partial charge in [-0.3, -0.25) is 4.79 Å². The SMILES string of the molecule is CC[C@@H](C)[C@@H](NC(C)(C)C)C(N)=O. The summed E-state index contributed by atoms with van der Waals surface area (Å²) in [6.45, 7) is 10.2. The van der Waals surface area contributed by atoms with Crippen molar-refractivity contribution in [1.29, 1.82) is 0 Å². The van der Waals surface area contributed by atoms with Gasteiger partial charge in [-0.15, -0.1) is 0 Å². The van der Waals surface area contributed by atoms with E-state index in [1.807, 2.05) is 27.7 Å². The molecule has 78 valence electrons. The molecule has 0 heterocycles. The van der Waals surface area contributed by atoms with Crippen molar-refractivity contribution in [3.8, 4) is 0 Å². The minimum atomic E-state index is -0.260. The standard InChI is InChI=1S/C10H22N2O/c1-6-7(2)8(9(11)13)12-10(3,4)5/h7-8,12H,6H2,1-5H3,(H2,11,13)/t7-,8-/m1/s1. The second kappa shape index (κ2) is 4.61. The highest BCUT2D eigenvalue weighted by Crippen LogP contribution is 2.11. The van der Waals surface area contributed by atoms with Crippen LogP contribution in [0.5, 0.6) is 0 Å². The van der Waals surface area contributed by atoms with Crippen molar-refractivity contribution in [2.45, 2.75) is 52.6 Å². The minimum Gasteiger partial charge on any atom is -0.368 e. The Morgan fingerprint density at radius 1 is 1.46 bits per heavy atom. The Labute approximate surface area is 81.1 Å². The fraction of sp³-hybridized carbons (Fsp3) is 0.900. The number of carbonyl (C=O) groups excluding carboxylic acids is 1.